The van der Waals surface area contributed by atoms with Crippen LogP contribution in [0.2, 0.25) is 19.6 Å². The average molecular weight is 172 g/mol. The summed E-state index contributed by atoms with van der Waals surface area (Å²) in [6.07, 6.45) is 3.67. The van der Waals surface area contributed by atoms with E-state index in [9.17, 15) is 5.11 Å². The van der Waals surface area contributed by atoms with E-state index >= 15 is 0 Å². The van der Waals surface area contributed by atoms with Crippen molar-refractivity contribution in [1.82, 2.24) is 0 Å². The third-order valence-corrected chi connectivity index (χ3v) is 2.73. The van der Waals surface area contributed by atoms with Crippen molar-refractivity contribution in [3.63, 3.8) is 0 Å². The van der Waals surface area contributed by atoms with Crippen LogP contribution in [0.25, 0.3) is 0 Å². The smallest absolute Gasteiger partial charge is 0.0682 e. The van der Waals surface area contributed by atoms with Crippen molar-refractivity contribution in [3.8, 4) is 0 Å². The molecule has 2 heteroatoms. The summed E-state index contributed by atoms with van der Waals surface area (Å²) in [4.78, 5) is 0. The van der Waals surface area contributed by atoms with Gasteiger partial charge in [0.1, 0.15) is 0 Å². The van der Waals surface area contributed by atoms with Crippen LogP contribution in [0, 0.1) is 0 Å². The van der Waals surface area contributed by atoms with Crippen LogP contribution >= 0.6 is 0 Å². The Morgan fingerprint density at radius 3 is 2.27 bits per heavy atom. The van der Waals surface area contributed by atoms with Gasteiger partial charge in [0, 0.05) is 0 Å². The van der Waals surface area contributed by atoms with Crippen LogP contribution in [-0.2, 0) is 0 Å². The molecule has 0 saturated carbocycles. The Morgan fingerprint density at radius 2 is 1.91 bits per heavy atom. The predicted molar refractivity (Wildman–Crippen MR) is 53.4 cm³/mol. The second-order valence-corrected chi connectivity index (χ2v) is 9.13. The maximum Gasteiger partial charge on any atom is 0.0682 e. The zero-order valence-electron chi connectivity index (χ0n) is 8.09. The summed E-state index contributed by atoms with van der Waals surface area (Å²) in [6, 6.07) is 0. The molecule has 0 rings (SSSR count). The largest absolute Gasteiger partial charge is 0.393 e. The molecule has 0 bridgehead atoms. The first-order valence-corrected chi connectivity index (χ1v) is 7.89. The van der Waals surface area contributed by atoms with E-state index in [1.165, 1.54) is 0 Å². The number of hydrogen-bond acceptors (Lipinski definition) is 1. The quantitative estimate of drug-likeness (QED) is 0.646. The van der Waals surface area contributed by atoms with Gasteiger partial charge < -0.3 is 5.11 Å². The van der Waals surface area contributed by atoms with Gasteiger partial charge in [-0.1, -0.05) is 38.3 Å². The van der Waals surface area contributed by atoms with Crippen LogP contribution in [0.1, 0.15) is 19.8 Å². The molecule has 1 nitrogen and oxygen atoms in total. The first-order chi connectivity index (χ1) is 4.95. The number of rotatable bonds is 4. The lowest BCUT2D eigenvalue weighted by molar-refractivity contribution is 0.174. The SMILES string of the molecule is CCC(O)C/C=C/[Si](C)(C)C. The van der Waals surface area contributed by atoms with Crippen LogP contribution in [-0.4, -0.2) is 19.3 Å². The van der Waals surface area contributed by atoms with Gasteiger partial charge in [-0.3, -0.25) is 0 Å². The lowest BCUT2D eigenvalue weighted by Gasteiger charge is -2.09. The molecule has 0 aliphatic carbocycles. The van der Waals surface area contributed by atoms with E-state index in [4.69, 9.17) is 0 Å². The molecule has 11 heavy (non-hydrogen) atoms. The molecular formula is C9H20OSi. The van der Waals surface area contributed by atoms with Gasteiger partial charge in [0.05, 0.1) is 14.2 Å². The molecule has 1 N–H and O–H groups in total. The molecular weight excluding hydrogens is 152 g/mol. The highest BCUT2D eigenvalue weighted by Crippen LogP contribution is 2.04. The fraction of sp³-hybridized carbons (Fsp3) is 0.778. The van der Waals surface area contributed by atoms with E-state index in [1.807, 2.05) is 6.92 Å². The monoisotopic (exact) mass is 172 g/mol. The molecule has 66 valence electrons. The van der Waals surface area contributed by atoms with E-state index in [0.717, 1.165) is 12.8 Å². The molecule has 0 fully saturated rings. The molecule has 0 aromatic rings. The van der Waals surface area contributed by atoms with Crippen LogP contribution in [0.3, 0.4) is 0 Å². The lowest BCUT2D eigenvalue weighted by atomic mass is 10.2. The summed E-state index contributed by atoms with van der Waals surface area (Å²) in [6.45, 7) is 8.89. The summed E-state index contributed by atoms with van der Waals surface area (Å²) < 4.78 is 0. The minimum Gasteiger partial charge on any atom is -0.393 e. The molecule has 0 heterocycles. The predicted octanol–water partition coefficient (Wildman–Crippen LogP) is 2.58. The highest BCUT2D eigenvalue weighted by atomic mass is 28.3. The van der Waals surface area contributed by atoms with Crippen LogP contribution in [0.4, 0.5) is 0 Å². The van der Waals surface area contributed by atoms with Gasteiger partial charge in [0.2, 0.25) is 0 Å². The van der Waals surface area contributed by atoms with Crippen molar-refractivity contribution in [2.45, 2.75) is 45.5 Å². The van der Waals surface area contributed by atoms with Gasteiger partial charge in [0.15, 0.2) is 0 Å². The third kappa shape index (κ3) is 7.82. The second kappa shape index (κ2) is 4.73. The van der Waals surface area contributed by atoms with E-state index in [0.29, 0.717) is 0 Å². The van der Waals surface area contributed by atoms with Crippen LogP contribution < -0.4 is 0 Å². The second-order valence-electron chi connectivity index (χ2n) is 4.07. The maximum absolute atomic E-state index is 9.22. The zero-order valence-corrected chi connectivity index (χ0v) is 9.09. The summed E-state index contributed by atoms with van der Waals surface area (Å²) in [5.41, 5.74) is 2.28. The molecule has 1 atom stereocenters. The minimum atomic E-state index is -1.03. The Kier molecular flexibility index (Phi) is 4.69. The van der Waals surface area contributed by atoms with Crippen molar-refractivity contribution in [2.24, 2.45) is 0 Å². The van der Waals surface area contributed by atoms with E-state index in [1.54, 1.807) is 0 Å². The minimum absolute atomic E-state index is 0.136. The standard InChI is InChI=1S/C9H20OSi/c1-5-9(10)7-6-8-11(2,3)4/h6,8-10H,5,7H2,1-4H3/b8-6+. The molecule has 0 aromatic carbocycles. The molecule has 0 radical (unpaired) electrons. The van der Waals surface area contributed by atoms with Crippen molar-refractivity contribution >= 4 is 8.07 Å². The van der Waals surface area contributed by atoms with Crippen molar-refractivity contribution < 1.29 is 5.11 Å². The summed E-state index contributed by atoms with van der Waals surface area (Å²) in [7, 11) is -1.03. The number of hydrogen-bond donors (Lipinski definition) is 1. The normalized spacial score (nSPS) is 15.7. The van der Waals surface area contributed by atoms with Crippen LogP contribution in [0.15, 0.2) is 11.8 Å². The van der Waals surface area contributed by atoms with Gasteiger partial charge >= 0.3 is 0 Å². The van der Waals surface area contributed by atoms with Crippen LogP contribution in [0.5, 0.6) is 0 Å². The van der Waals surface area contributed by atoms with E-state index in [2.05, 4.69) is 31.4 Å². The Labute approximate surface area is 71.1 Å². The number of aliphatic hydroxyl groups is 1. The first-order valence-electron chi connectivity index (χ1n) is 4.31. The Bertz CT molecular complexity index is 124. The molecule has 0 aliphatic rings. The Morgan fingerprint density at radius 1 is 1.36 bits per heavy atom. The van der Waals surface area contributed by atoms with Gasteiger partial charge in [-0.25, -0.2) is 0 Å². The van der Waals surface area contributed by atoms with Crippen molar-refractivity contribution in [2.75, 3.05) is 0 Å². The molecule has 0 amide bonds. The van der Waals surface area contributed by atoms with Gasteiger partial charge in [-0.05, 0) is 12.8 Å². The molecule has 1 unspecified atom stereocenters. The topological polar surface area (TPSA) is 20.2 Å². The van der Waals surface area contributed by atoms with Gasteiger partial charge in [0.25, 0.3) is 0 Å². The van der Waals surface area contributed by atoms with E-state index < -0.39 is 8.07 Å². The highest BCUT2D eigenvalue weighted by Gasteiger charge is 2.06. The first kappa shape index (κ1) is 10.9. The van der Waals surface area contributed by atoms with E-state index in [-0.39, 0.29) is 6.10 Å². The van der Waals surface area contributed by atoms with Gasteiger partial charge in [-0.15, -0.1) is 0 Å². The average Bonchev–Trinajstić information content (AvgIpc) is 1.85. The fourth-order valence-corrected chi connectivity index (χ4v) is 1.59. The molecule has 0 aliphatic heterocycles. The Hall–Kier alpha value is -0.0831. The fourth-order valence-electron chi connectivity index (χ4n) is 0.745. The Balaban J connectivity index is 3.61. The molecule has 0 spiro atoms. The van der Waals surface area contributed by atoms with Gasteiger partial charge in [-0.2, -0.15) is 0 Å². The number of aliphatic hydroxyl groups excluding tert-OH is 1. The zero-order chi connectivity index (χ0) is 8.91. The third-order valence-electron chi connectivity index (χ3n) is 1.50. The molecule has 0 saturated heterocycles. The molecule has 0 aromatic heterocycles. The summed E-state index contributed by atoms with van der Waals surface area (Å²) in [5, 5.41) is 9.22. The van der Waals surface area contributed by atoms with Crippen molar-refractivity contribution in [1.29, 1.82) is 0 Å². The lowest BCUT2D eigenvalue weighted by Crippen LogP contribution is -2.15. The summed E-state index contributed by atoms with van der Waals surface area (Å²) in [5.74, 6) is 0. The summed E-state index contributed by atoms with van der Waals surface area (Å²) >= 11 is 0. The van der Waals surface area contributed by atoms with Crippen molar-refractivity contribution in [3.05, 3.63) is 11.8 Å². The maximum atomic E-state index is 9.22. The highest BCUT2D eigenvalue weighted by molar-refractivity contribution is 6.80.